The van der Waals surface area contributed by atoms with E-state index in [1.54, 1.807) is 0 Å². The minimum Gasteiger partial charge on any atom is -0.465 e. The number of nitrogens with one attached hydrogen (secondary N) is 1. The molecule has 18 heavy (non-hydrogen) atoms. The van der Waals surface area contributed by atoms with E-state index in [-0.39, 0.29) is 5.97 Å². The first-order chi connectivity index (χ1) is 8.61. The molecule has 0 fully saturated rings. The topological polar surface area (TPSA) is 51.2 Å². The van der Waals surface area contributed by atoms with Crippen LogP contribution in [-0.2, 0) is 4.74 Å². The van der Waals surface area contributed by atoms with Crippen LogP contribution in [0.2, 0.25) is 0 Å². The van der Waals surface area contributed by atoms with Crippen LogP contribution in [-0.4, -0.2) is 18.1 Å². The number of hydrogen-bond donors (Lipinski definition) is 1. The van der Waals surface area contributed by atoms with Crippen LogP contribution in [0.4, 0.5) is 10.8 Å². The van der Waals surface area contributed by atoms with Crippen molar-refractivity contribution in [3.8, 4) is 0 Å². The summed E-state index contributed by atoms with van der Waals surface area (Å²) in [6.07, 6.45) is 1.52. The number of aryl methyl sites for hydroxylation is 2. The Morgan fingerprint density at radius 3 is 2.61 bits per heavy atom. The lowest BCUT2D eigenvalue weighted by molar-refractivity contribution is 0.0606. The van der Waals surface area contributed by atoms with Crippen molar-refractivity contribution in [2.75, 3.05) is 12.4 Å². The molecular formula is C13H14N2O2S. The van der Waals surface area contributed by atoms with Gasteiger partial charge in [0.25, 0.3) is 0 Å². The zero-order chi connectivity index (χ0) is 13.1. The number of ether oxygens (including phenoxy) is 1. The Kier molecular flexibility index (Phi) is 3.62. The second-order valence-electron chi connectivity index (χ2n) is 3.91. The van der Waals surface area contributed by atoms with Crippen LogP contribution >= 0.6 is 11.3 Å². The molecule has 0 atom stereocenters. The summed E-state index contributed by atoms with van der Waals surface area (Å²) in [4.78, 5) is 16.0. The minimum atomic E-state index is -0.359. The van der Waals surface area contributed by atoms with Gasteiger partial charge >= 0.3 is 5.97 Å². The molecule has 0 bridgehead atoms. The number of hydrogen-bond acceptors (Lipinski definition) is 5. The lowest BCUT2D eigenvalue weighted by Crippen LogP contribution is -1.97. The van der Waals surface area contributed by atoms with Gasteiger partial charge in [0.15, 0.2) is 5.13 Å². The third kappa shape index (κ3) is 2.51. The van der Waals surface area contributed by atoms with Gasteiger partial charge in [-0.1, -0.05) is 29.5 Å². The Bertz CT molecular complexity index is 558. The molecule has 1 N–H and O–H groups in total. The molecule has 1 heterocycles. The fourth-order valence-electron chi connectivity index (χ4n) is 1.65. The quantitative estimate of drug-likeness (QED) is 0.862. The zero-order valence-corrected chi connectivity index (χ0v) is 11.3. The van der Waals surface area contributed by atoms with Crippen LogP contribution in [0.15, 0.2) is 24.4 Å². The number of para-hydroxylation sites is 1. The first kappa shape index (κ1) is 12.6. The summed E-state index contributed by atoms with van der Waals surface area (Å²) in [5.74, 6) is -0.359. The van der Waals surface area contributed by atoms with Crippen molar-refractivity contribution < 1.29 is 9.53 Å². The van der Waals surface area contributed by atoms with E-state index < -0.39 is 0 Å². The normalized spacial score (nSPS) is 10.2. The zero-order valence-electron chi connectivity index (χ0n) is 10.5. The van der Waals surface area contributed by atoms with Gasteiger partial charge in [-0.05, 0) is 25.0 Å². The fraction of sp³-hybridized carbons (Fsp3) is 0.231. The van der Waals surface area contributed by atoms with Gasteiger partial charge in [-0.25, -0.2) is 9.78 Å². The highest BCUT2D eigenvalue weighted by atomic mass is 32.1. The van der Waals surface area contributed by atoms with E-state index >= 15 is 0 Å². The molecule has 0 aliphatic heterocycles. The van der Waals surface area contributed by atoms with Crippen molar-refractivity contribution in [1.29, 1.82) is 0 Å². The Hall–Kier alpha value is -1.88. The van der Waals surface area contributed by atoms with Crippen molar-refractivity contribution in [2.45, 2.75) is 13.8 Å². The first-order valence-corrected chi connectivity index (χ1v) is 6.31. The SMILES string of the molecule is COC(=O)c1cnc(Nc2c(C)cccc2C)s1. The Morgan fingerprint density at radius 1 is 1.33 bits per heavy atom. The van der Waals surface area contributed by atoms with Crippen molar-refractivity contribution in [3.05, 3.63) is 40.4 Å². The third-order valence-corrected chi connectivity index (χ3v) is 3.50. The second kappa shape index (κ2) is 5.18. The highest BCUT2D eigenvalue weighted by Gasteiger charge is 2.11. The van der Waals surface area contributed by atoms with Gasteiger partial charge in [0.2, 0.25) is 0 Å². The highest BCUT2D eigenvalue weighted by molar-refractivity contribution is 7.17. The maximum absolute atomic E-state index is 11.3. The molecule has 0 aliphatic carbocycles. The molecule has 2 aromatic rings. The molecule has 0 saturated carbocycles. The summed E-state index contributed by atoms with van der Waals surface area (Å²) in [7, 11) is 1.36. The lowest BCUT2D eigenvalue weighted by Gasteiger charge is -2.09. The smallest absolute Gasteiger partial charge is 0.349 e. The standard InChI is InChI=1S/C13H14N2O2S/c1-8-5-4-6-9(2)11(8)15-13-14-7-10(18-13)12(16)17-3/h4-7H,1-3H3,(H,14,15). The molecule has 0 saturated heterocycles. The third-order valence-electron chi connectivity index (χ3n) is 2.61. The van der Waals surface area contributed by atoms with Gasteiger partial charge in [-0.3, -0.25) is 0 Å². The predicted octanol–water partition coefficient (Wildman–Crippen LogP) is 3.29. The number of carbonyl (C=O) groups is 1. The molecule has 5 heteroatoms. The van der Waals surface area contributed by atoms with Crippen LogP contribution in [0.1, 0.15) is 20.8 Å². The maximum Gasteiger partial charge on any atom is 0.349 e. The van der Waals surface area contributed by atoms with Gasteiger partial charge in [0, 0.05) is 5.69 Å². The molecule has 94 valence electrons. The van der Waals surface area contributed by atoms with Gasteiger partial charge in [-0.2, -0.15) is 0 Å². The van der Waals surface area contributed by atoms with Crippen LogP contribution in [0.25, 0.3) is 0 Å². The average Bonchev–Trinajstić information content (AvgIpc) is 2.81. The molecule has 1 aromatic heterocycles. The summed E-state index contributed by atoms with van der Waals surface area (Å²) in [5, 5.41) is 3.93. The number of methoxy groups -OCH3 is 1. The molecule has 2 rings (SSSR count). The number of benzene rings is 1. The number of carbonyl (C=O) groups excluding carboxylic acids is 1. The number of aromatic nitrogens is 1. The van der Waals surface area contributed by atoms with Crippen LogP contribution in [0.5, 0.6) is 0 Å². The molecule has 1 aromatic carbocycles. The van der Waals surface area contributed by atoms with Crippen molar-refractivity contribution in [1.82, 2.24) is 4.98 Å². The maximum atomic E-state index is 11.3. The molecule has 4 nitrogen and oxygen atoms in total. The van der Waals surface area contributed by atoms with E-state index in [4.69, 9.17) is 0 Å². The fourth-order valence-corrected chi connectivity index (χ4v) is 2.38. The second-order valence-corrected chi connectivity index (χ2v) is 4.94. The monoisotopic (exact) mass is 262 g/mol. The lowest BCUT2D eigenvalue weighted by atomic mass is 10.1. The van der Waals surface area contributed by atoms with E-state index in [1.165, 1.54) is 24.6 Å². The number of rotatable bonds is 3. The Labute approximate surface area is 110 Å². The van der Waals surface area contributed by atoms with Crippen molar-refractivity contribution in [3.63, 3.8) is 0 Å². The van der Waals surface area contributed by atoms with Gasteiger partial charge in [0.05, 0.1) is 13.3 Å². The molecule has 0 amide bonds. The van der Waals surface area contributed by atoms with Gasteiger partial charge in [0.1, 0.15) is 4.88 Å². The summed E-state index contributed by atoms with van der Waals surface area (Å²) >= 11 is 1.28. The van der Waals surface area contributed by atoms with Crippen LogP contribution < -0.4 is 5.32 Å². The van der Waals surface area contributed by atoms with Crippen molar-refractivity contribution in [2.24, 2.45) is 0 Å². The minimum absolute atomic E-state index is 0.359. The number of thiazole rings is 1. The summed E-state index contributed by atoms with van der Waals surface area (Å²) in [5.41, 5.74) is 3.32. The molecule has 0 radical (unpaired) electrons. The van der Waals surface area contributed by atoms with E-state index in [0.29, 0.717) is 10.0 Å². The summed E-state index contributed by atoms with van der Waals surface area (Å²) in [6, 6.07) is 6.08. The predicted molar refractivity (Wildman–Crippen MR) is 72.7 cm³/mol. The van der Waals surface area contributed by atoms with Gasteiger partial charge in [-0.15, -0.1) is 0 Å². The Balaban J connectivity index is 2.24. The molecule has 0 aliphatic rings. The highest BCUT2D eigenvalue weighted by Crippen LogP contribution is 2.27. The van der Waals surface area contributed by atoms with Crippen LogP contribution in [0, 0.1) is 13.8 Å². The van der Waals surface area contributed by atoms with Crippen LogP contribution in [0.3, 0.4) is 0 Å². The van der Waals surface area contributed by atoms with E-state index in [0.717, 1.165) is 16.8 Å². The first-order valence-electron chi connectivity index (χ1n) is 5.49. The molecular weight excluding hydrogens is 248 g/mol. The van der Waals surface area contributed by atoms with E-state index in [2.05, 4.69) is 15.0 Å². The Morgan fingerprint density at radius 2 is 2.00 bits per heavy atom. The van der Waals surface area contributed by atoms with Gasteiger partial charge < -0.3 is 10.1 Å². The van der Waals surface area contributed by atoms with E-state index in [1.807, 2.05) is 32.0 Å². The van der Waals surface area contributed by atoms with E-state index in [9.17, 15) is 4.79 Å². The summed E-state index contributed by atoms with van der Waals surface area (Å²) < 4.78 is 4.65. The average molecular weight is 262 g/mol. The summed E-state index contributed by atoms with van der Waals surface area (Å²) in [6.45, 7) is 4.06. The molecule has 0 unspecified atom stereocenters. The van der Waals surface area contributed by atoms with Crippen molar-refractivity contribution >= 4 is 28.1 Å². The number of nitrogens with zero attached hydrogens (tertiary/aromatic N) is 1. The number of anilines is 2. The molecule has 0 spiro atoms. The largest absolute Gasteiger partial charge is 0.465 e. The number of esters is 1.